The molecule has 4 nitrogen and oxygen atoms in total. The highest BCUT2D eigenvalue weighted by atomic mass is 15.2. The van der Waals surface area contributed by atoms with E-state index in [1.165, 1.54) is 30.7 Å². The Bertz CT molecular complexity index is 452. The second-order valence-electron chi connectivity index (χ2n) is 5.81. The first-order valence-electron chi connectivity index (χ1n) is 7.57. The number of H-pyrrole nitrogens is 2. The standard InChI is InChI=1S/C16H24N4/c17-15-7-1-2-8-16(15)20(11-13-5-3-9-18-13)12-14-6-4-10-19-14/h3-6,9-10,15-16,18-19H,1-2,7-8,11-12,17H2. The van der Waals surface area contributed by atoms with E-state index in [0.717, 1.165) is 19.5 Å². The van der Waals surface area contributed by atoms with Crippen molar-refractivity contribution < 1.29 is 0 Å². The molecule has 2 heterocycles. The fourth-order valence-corrected chi connectivity index (χ4v) is 3.25. The number of hydrogen-bond donors (Lipinski definition) is 3. The molecule has 1 aliphatic rings. The third-order valence-electron chi connectivity index (χ3n) is 4.32. The van der Waals surface area contributed by atoms with Crippen molar-refractivity contribution in [2.24, 2.45) is 5.73 Å². The number of rotatable bonds is 5. The average molecular weight is 272 g/mol. The molecule has 0 amide bonds. The van der Waals surface area contributed by atoms with Gasteiger partial charge in [0.25, 0.3) is 0 Å². The van der Waals surface area contributed by atoms with Gasteiger partial charge in [0, 0.05) is 49.0 Å². The van der Waals surface area contributed by atoms with Crippen LogP contribution in [0.2, 0.25) is 0 Å². The molecule has 0 aromatic carbocycles. The molecule has 108 valence electrons. The minimum atomic E-state index is 0.300. The van der Waals surface area contributed by atoms with E-state index < -0.39 is 0 Å². The van der Waals surface area contributed by atoms with Crippen molar-refractivity contribution in [2.75, 3.05) is 0 Å². The van der Waals surface area contributed by atoms with Crippen molar-refractivity contribution in [1.29, 1.82) is 0 Å². The van der Waals surface area contributed by atoms with Crippen LogP contribution in [0.1, 0.15) is 37.1 Å². The monoisotopic (exact) mass is 272 g/mol. The summed E-state index contributed by atoms with van der Waals surface area (Å²) in [5.41, 5.74) is 8.89. The number of aromatic nitrogens is 2. The van der Waals surface area contributed by atoms with Gasteiger partial charge in [-0.05, 0) is 37.1 Å². The Morgan fingerprint density at radius 2 is 1.60 bits per heavy atom. The Kier molecular flexibility index (Phi) is 4.23. The predicted molar refractivity (Wildman–Crippen MR) is 81.1 cm³/mol. The zero-order valence-electron chi connectivity index (χ0n) is 11.9. The van der Waals surface area contributed by atoms with Gasteiger partial charge in [0.1, 0.15) is 0 Å². The highest BCUT2D eigenvalue weighted by Crippen LogP contribution is 2.24. The van der Waals surface area contributed by atoms with E-state index in [0.29, 0.717) is 12.1 Å². The number of nitrogens with zero attached hydrogens (tertiary/aromatic N) is 1. The van der Waals surface area contributed by atoms with Crippen molar-refractivity contribution >= 4 is 0 Å². The minimum absolute atomic E-state index is 0.300. The Labute approximate surface area is 120 Å². The van der Waals surface area contributed by atoms with Gasteiger partial charge in [-0.15, -0.1) is 0 Å². The van der Waals surface area contributed by atoms with Crippen LogP contribution in [0.15, 0.2) is 36.7 Å². The molecule has 20 heavy (non-hydrogen) atoms. The summed E-state index contributed by atoms with van der Waals surface area (Å²) < 4.78 is 0. The zero-order valence-corrected chi connectivity index (χ0v) is 11.9. The maximum Gasteiger partial charge on any atom is 0.0392 e. The van der Waals surface area contributed by atoms with E-state index in [1.807, 2.05) is 12.4 Å². The van der Waals surface area contributed by atoms with Gasteiger partial charge in [-0.25, -0.2) is 0 Å². The fraction of sp³-hybridized carbons (Fsp3) is 0.500. The molecule has 2 unspecified atom stereocenters. The molecular formula is C16H24N4. The molecule has 1 fully saturated rings. The van der Waals surface area contributed by atoms with Crippen molar-refractivity contribution in [2.45, 2.75) is 50.9 Å². The molecular weight excluding hydrogens is 248 g/mol. The van der Waals surface area contributed by atoms with Gasteiger partial charge in [-0.2, -0.15) is 0 Å². The van der Waals surface area contributed by atoms with Crippen LogP contribution in [0.3, 0.4) is 0 Å². The smallest absolute Gasteiger partial charge is 0.0392 e. The number of nitrogens with two attached hydrogens (primary N) is 1. The van der Waals surface area contributed by atoms with Gasteiger partial charge in [0.2, 0.25) is 0 Å². The Morgan fingerprint density at radius 3 is 2.10 bits per heavy atom. The lowest BCUT2D eigenvalue weighted by molar-refractivity contribution is 0.119. The maximum atomic E-state index is 6.38. The highest BCUT2D eigenvalue weighted by Gasteiger charge is 2.28. The lowest BCUT2D eigenvalue weighted by Gasteiger charge is -2.38. The normalized spacial score (nSPS) is 23.3. The molecule has 4 heteroatoms. The summed E-state index contributed by atoms with van der Waals surface area (Å²) in [6.45, 7) is 1.87. The van der Waals surface area contributed by atoms with Crippen molar-refractivity contribution in [1.82, 2.24) is 14.9 Å². The van der Waals surface area contributed by atoms with Gasteiger partial charge in [0.05, 0.1) is 0 Å². The zero-order chi connectivity index (χ0) is 13.8. The number of hydrogen-bond acceptors (Lipinski definition) is 2. The van der Waals surface area contributed by atoms with E-state index in [1.54, 1.807) is 0 Å². The van der Waals surface area contributed by atoms with Crippen molar-refractivity contribution in [3.05, 3.63) is 48.0 Å². The molecule has 3 rings (SSSR count). The number of aromatic amines is 2. The van der Waals surface area contributed by atoms with Gasteiger partial charge in [-0.1, -0.05) is 12.8 Å². The van der Waals surface area contributed by atoms with Gasteiger partial charge in [-0.3, -0.25) is 4.90 Å². The van der Waals surface area contributed by atoms with Gasteiger partial charge >= 0.3 is 0 Å². The second-order valence-corrected chi connectivity index (χ2v) is 5.81. The Hall–Kier alpha value is -1.52. The first kappa shape index (κ1) is 13.5. The summed E-state index contributed by atoms with van der Waals surface area (Å²) >= 11 is 0. The summed E-state index contributed by atoms with van der Waals surface area (Å²) in [4.78, 5) is 9.13. The Balaban J connectivity index is 1.74. The maximum absolute atomic E-state index is 6.38. The summed E-state index contributed by atoms with van der Waals surface area (Å²) in [5, 5.41) is 0. The van der Waals surface area contributed by atoms with Crippen LogP contribution >= 0.6 is 0 Å². The van der Waals surface area contributed by atoms with Crippen LogP contribution < -0.4 is 5.73 Å². The largest absolute Gasteiger partial charge is 0.364 e. The van der Waals surface area contributed by atoms with Crippen molar-refractivity contribution in [3.63, 3.8) is 0 Å². The van der Waals surface area contributed by atoms with E-state index >= 15 is 0 Å². The molecule has 0 bridgehead atoms. The lowest BCUT2D eigenvalue weighted by atomic mass is 9.89. The summed E-state index contributed by atoms with van der Waals surface area (Å²) in [7, 11) is 0. The fourth-order valence-electron chi connectivity index (χ4n) is 3.25. The topological polar surface area (TPSA) is 60.8 Å². The van der Waals surface area contributed by atoms with Gasteiger partial charge in [0.15, 0.2) is 0 Å². The summed E-state index contributed by atoms with van der Waals surface area (Å²) in [6, 6.07) is 9.20. The van der Waals surface area contributed by atoms with Crippen LogP contribution in [0.5, 0.6) is 0 Å². The molecule has 0 saturated heterocycles. The Morgan fingerprint density at radius 1 is 1.00 bits per heavy atom. The minimum Gasteiger partial charge on any atom is -0.364 e. The van der Waals surface area contributed by atoms with Crippen LogP contribution in [0.25, 0.3) is 0 Å². The first-order chi connectivity index (χ1) is 9.83. The van der Waals surface area contributed by atoms with Crippen LogP contribution in [-0.4, -0.2) is 27.0 Å². The van der Waals surface area contributed by atoms with Crippen molar-refractivity contribution in [3.8, 4) is 0 Å². The third kappa shape index (κ3) is 3.14. The second kappa shape index (κ2) is 6.29. The van der Waals surface area contributed by atoms with Gasteiger partial charge < -0.3 is 15.7 Å². The van der Waals surface area contributed by atoms with E-state index in [9.17, 15) is 0 Å². The molecule has 0 radical (unpaired) electrons. The summed E-state index contributed by atoms with van der Waals surface area (Å²) in [6.07, 6.45) is 8.91. The molecule has 0 spiro atoms. The molecule has 2 aromatic rings. The third-order valence-corrected chi connectivity index (χ3v) is 4.32. The molecule has 2 atom stereocenters. The quantitative estimate of drug-likeness (QED) is 0.783. The lowest BCUT2D eigenvalue weighted by Crippen LogP contribution is -2.49. The first-order valence-corrected chi connectivity index (χ1v) is 7.57. The molecule has 1 saturated carbocycles. The van der Waals surface area contributed by atoms with Crippen LogP contribution in [0, 0.1) is 0 Å². The SMILES string of the molecule is NC1CCCCC1N(Cc1ccc[nH]1)Cc1ccc[nH]1. The highest BCUT2D eigenvalue weighted by molar-refractivity contribution is 5.07. The molecule has 2 aromatic heterocycles. The van der Waals surface area contributed by atoms with Crippen LogP contribution in [-0.2, 0) is 13.1 Å². The average Bonchev–Trinajstić information content (AvgIpc) is 3.12. The van der Waals surface area contributed by atoms with Crippen LogP contribution in [0.4, 0.5) is 0 Å². The molecule has 4 N–H and O–H groups in total. The predicted octanol–water partition coefficient (Wildman–Crippen LogP) is 2.61. The molecule has 0 aliphatic heterocycles. The summed E-state index contributed by atoms with van der Waals surface area (Å²) in [5.74, 6) is 0. The van der Waals surface area contributed by atoms with E-state index in [4.69, 9.17) is 5.73 Å². The van der Waals surface area contributed by atoms with E-state index in [-0.39, 0.29) is 0 Å². The number of nitrogens with one attached hydrogen (secondary N) is 2. The molecule has 1 aliphatic carbocycles. The van der Waals surface area contributed by atoms with E-state index in [2.05, 4.69) is 39.1 Å².